The van der Waals surface area contributed by atoms with Crippen molar-refractivity contribution in [3.8, 4) is 5.75 Å². The van der Waals surface area contributed by atoms with Gasteiger partial charge >= 0.3 is 5.91 Å². The smallest absolute Gasteiger partial charge is 0.305 e. The molecule has 2 aromatic rings. The summed E-state index contributed by atoms with van der Waals surface area (Å²) in [6.07, 6.45) is 0.569. The predicted molar refractivity (Wildman–Crippen MR) is 85.3 cm³/mol. The van der Waals surface area contributed by atoms with Gasteiger partial charge in [-0.25, -0.2) is 0 Å². The number of hydrogen-bond acceptors (Lipinski definition) is 4. The lowest BCUT2D eigenvalue weighted by Gasteiger charge is -2.18. The highest BCUT2D eigenvalue weighted by Gasteiger charge is 2.18. The number of nitrogens with one attached hydrogen (secondary N) is 2. The molecule has 7 heteroatoms. The third-order valence-corrected chi connectivity index (χ3v) is 3.35. The van der Waals surface area contributed by atoms with Gasteiger partial charge in [-0.3, -0.25) is 20.4 Å². The maximum atomic E-state index is 12.0. The molecule has 1 atom stereocenters. The summed E-state index contributed by atoms with van der Waals surface area (Å²) in [5.74, 6) is -0.342. The van der Waals surface area contributed by atoms with E-state index < -0.39 is 17.9 Å². The number of hydrazine groups is 1. The molecule has 2 amide bonds. The van der Waals surface area contributed by atoms with E-state index in [2.05, 4.69) is 10.9 Å². The Kier molecular flexibility index (Phi) is 5.28. The van der Waals surface area contributed by atoms with Gasteiger partial charge in [-0.2, -0.15) is 0 Å². The monoisotopic (exact) mass is 336 g/mol. The molecule has 1 aromatic carbocycles. The largest absolute Gasteiger partial charge is 0.480 e. The van der Waals surface area contributed by atoms with Crippen LogP contribution >= 0.6 is 11.6 Å². The van der Waals surface area contributed by atoms with Gasteiger partial charge in [0.1, 0.15) is 5.75 Å². The summed E-state index contributed by atoms with van der Waals surface area (Å²) in [6.45, 7) is 5.27. The fraction of sp³-hybridized carbons (Fsp3) is 0.250. The lowest BCUT2D eigenvalue weighted by Crippen LogP contribution is -2.47. The standard InChI is InChI=1S/C16H17ClN2O4/c1-9-7-12(17)8-10(2)14(9)23-11(3)15(20)18-19-16(21)13-5-4-6-22-13/h4-8,11H,1-3H3,(H,18,20)(H,19,21)/t11-/m0/s1. The molecule has 0 bridgehead atoms. The van der Waals surface area contributed by atoms with Crippen LogP contribution in [0.5, 0.6) is 5.75 Å². The fourth-order valence-electron chi connectivity index (χ4n) is 2.00. The first-order valence-electron chi connectivity index (χ1n) is 6.95. The number of halogens is 1. The molecule has 0 aliphatic carbocycles. The van der Waals surface area contributed by atoms with E-state index in [-0.39, 0.29) is 5.76 Å². The van der Waals surface area contributed by atoms with E-state index in [1.807, 2.05) is 13.8 Å². The van der Waals surface area contributed by atoms with E-state index in [1.54, 1.807) is 25.1 Å². The summed E-state index contributed by atoms with van der Waals surface area (Å²) in [5, 5.41) is 0.607. The van der Waals surface area contributed by atoms with Crippen molar-refractivity contribution in [1.29, 1.82) is 0 Å². The summed E-state index contributed by atoms with van der Waals surface area (Å²) >= 11 is 5.96. The van der Waals surface area contributed by atoms with Crippen LogP contribution in [0.3, 0.4) is 0 Å². The van der Waals surface area contributed by atoms with Crippen LogP contribution in [0.15, 0.2) is 34.9 Å². The van der Waals surface area contributed by atoms with Crippen molar-refractivity contribution in [2.24, 2.45) is 0 Å². The Morgan fingerprint density at radius 3 is 2.43 bits per heavy atom. The van der Waals surface area contributed by atoms with Gasteiger partial charge < -0.3 is 9.15 Å². The first kappa shape index (κ1) is 16.9. The summed E-state index contributed by atoms with van der Waals surface area (Å²) in [6, 6.07) is 6.58. The minimum Gasteiger partial charge on any atom is -0.480 e. The molecule has 0 saturated carbocycles. The number of carbonyl (C=O) groups excluding carboxylic acids is 2. The van der Waals surface area contributed by atoms with E-state index >= 15 is 0 Å². The molecular weight excluding hydrogens is 320 g/mol. The zero-order chi connectivity index (χ0) is 17.0. The van der Waals surface area contributed by atoms with Crippen LogP contribution in [0.4, 0.5) is 0 Å². The van der Waals surface area contributed by atoms with E-state index in [4.69, 9.17) is 20.8 Å². The minimum atomic E-state index is -0.800. The van der Waals surface area contributed by atoms with E-state index in [9.17, 15) is 9.59 Å². The second-order valence-corrected chi connectivity index (χ2v) is 5.49. The average Bonchev–Trinajstić information content (AvgIpc) is 3.02. The van der Waals surface area contributed by atoms with E-state index in [0.717, 1.165) is 11.1 Å². The lowest BCUT2D eigenvalue weighted by molar-refractivity contribution is -0.128. The molecule has 0 spiro atoms. The molecule has 2 rings (SSSR count). The van der Waals surface area contributed by atoms with Crippen LogP contribution in [-0.2, 0) is 4.79 Å². The topological polar surface area (TPSA) is 80.6 Å². The minimum absolute atomic E-state index is 0.100. The molecule has 1 aromatic heterocycles. The molecule has 0 radical (unpaired) electrons. The van der Waals surface area contributed by atoms with Gasteiger partial charge in [-0.05, 0) is 56.2 Å². The van der Waals surface area contributed by atoms with Gasteiger partial charge in [-0.1, -0.05) is 11.6 Å². The molecule has 0 aliphatic rings. The quantitative estimate of drug-likeness (QED) is 0.841. The molecule has 0 aliphatic heterocycles. The molecule has 2 N–H and O–H groups in total. The van der Waals surface area contributed by atoms with Crippen molar-refractivity contribution >= 4 is 23.4 Å². The Bertz CT molecular complexity index is 690. The number of benzene rings is 1. The number of ether oxygens (including phenoxy) is 1. The molecule has 122 valence electrons. The first-order chi connectivity index (χ1) is 10.9. The Balaban J connectivity index is 1.94. The van der Waals surface area contributed by atoms with Gasteiger partial charge in [-0.15, -0.1) is 0 Å². The van der Waals surface area contributed by atoms with Crippen LogP contribution in [0.2, 0.25) is 5.02 Å². The van der Waals surface area contributed by atoms with Crippen molar-refractivity contribution in [3.63, 3.8) is 0 Å². The van der Waals surface area contributed by atoms with Crippen LogP contribution < -0.4 is 15.6 Å². The van der Waals surface area contributed by atoms with Crippen LogP contribution in [0.1, 0.15) is 28.6 Å². The van der Waals surface area contributed by atoms with Gasteiger partial charge in [0, 0.05) is 5.02 Å². The number of hydrogen-bond donors (Lipinski definition) is 2. The third kappa shape index (κ3) is 4.26. The Labute approximate surface area is 138 Å². The van der Waals surface area contributed by atoms with Crippen molar-refractivity contribution in [3.05, 3.63) is 52.4 Å². The summed E-state index contributed by atoms with van der Waals surface area (Å²) < 4.78 is 10.6. The van der Waals surface area contributed by atoms with Crippen LogP contribution in [-0.4, -0.2) is 17.9 Å². The normalized spacial score (nSPS) is 11.7. The van der Waals surface area contributed by atoms with E-state index in [1.165, 1.54) is 12.3 Å². The van der Waals surface area contributed by atoms with Crippen LogP contribution in [0, 0.1) is 13.8 Å². The number of amides is 2. The van der Waals surface area contributed by atoms with Gasteiger partial charge in [0.2, 0.25) is 0 Å². The lowest BCUT2D eigenvalue weighted by atomic mass is 10.1. The molecule has 0 unspecified atom stereocenters. The SMILES string of the molecule is Cc1cc(Cl)cc(C)c1O[C@@H](C)C(=O)NNC(=O)c1ccco1. The maximum Gasteiger partial charge on any atom is 0.305 e. The summed E-state index contributed by atoms with van der Waals surface area (Å²) in [7, 11) is 0. The Hall–Kier alpha value is -2.47. The van der Waals surface area contributed by atoms with Crippen molar-refractivity contribution in [2.45, 2.75) is 26.9 Å². The zero-order valence-corrected chi connectivity index (χ0v) is 13.7. The molecular formula is C16H17ClN2O4. The number of rotatable bonds is 4. The maximum absolute atomic E-state index is 12.0. The molecule has 6 nitrogen and oxygen atoms in total. The predicted octanol–water partition coefficient (Wildman–Crippen LogP) is 2.78. The van der Waals surface area contributed by atoms with Crippen molar-refractivity contribution in [1.82, 2.24) is 10.9 Å². The number of furan rings is 1. The second kappa shape index (κ2) is 7.19. The number of aryl methyl sites for hydroxylation is 2. The zero-order valence-electron chi connectivity index (χ0n) is 13.0. The van der Waals surface area contributed by atoms with Gasteiger partial charge in [0.05, 0.1) is 6.26 Å². The van der Waals surface area contributed by atoms with Gasteiger partial charge in [0.15, 0.2) is 11.9 Å². The number of carbonyl (C=O) groups is 2. The third-order valence-electron chi connectivity index (χ3n) is 3.13. The molecule has 1 heterocycles. The van der Waals surface area contributed by atoms with Crippen LogP contribution in [0.25, 0.3) is 0 Å². The molecule has 0 fully saturated rings. The highest BCUT2D eigenvalue weighted by Crippen LogP contribution is 2.27. The highest BCUT2D eigenvalue weighted by molar-refractivity contribution is 6.30. The van der Waals surface area contributed by atoms with Crippen molar-refractivity contribution < 1.29 is 18.7 Å². The van der Waals surface area contributed by atoms with E-state index in [0.29, 0.717) is 10.8 Å². The average molecular weight is 337 g/mol. The first-order valence-corrected chi connectivity index (χ1v) is 7.33. The Morgan fingerprint density at radius 1 is 1.22 bits per heavy atom. The highest BCUT2D eigenvalue weighted by atomic mass is 35.5. The van der Waals surface area contributed by atoms with Gasteiger partial charge in [0.25, 0.3) is 5.91 Å². The molecule has 0 saturated heterocycles. The second-order valence-electron chi connectivity index (χ2n) is 5.05. The fourth-order valence-corrected chi connectivity index (χ4v) is 2.33. The Morgan fingerprint density at radius 2 is 1.87 bits per heavy atom. The van der Waals surface area contributed by atoms with Crippen molar-refractivity contribution in [2.75, 3.05) is 0 Å². The molecule has 23 heavy (non-hydrogen) atoms. The summed E-state index contributed by atoms with van der Waals surface area (Å²) in [4.78, 5) is 23.7. The summed E-state index contributed by atoms with van der Waals surface area (Å²) in [5.41, 5.74) is 6.20.